The van der Waals surface area contributed by atoms with Crippen molar-refractivity contribution in [3.63, 3.8) is 0 Å². The van der Waals surface area contributed by atoms with Crippen LogP contribution in [0.15, 0.2) is 42.7 Å². The molecule has 1 amide bonds. The number of hydrogen-bond donors (Lipinski definition) is 0. The van der Waals surface area contributed by atoms with Gasteiger partial charge in [-0.25, -0.2) is 4.39 Å². The smallest absolute Gasteiger partial charge is 0.255 e. The predicted octanol–water partition coefficient (Wildman–Crippen LogP) is 2.19. The Balaban J connectivity index is 1.55. The number of nitrogens with zero attached hydrogens (tertiary/aromatic N) is 3. The number of amides is 1. The van der Waals surface area contributed by atoms with Crippen molar-refractivity contribution in [2.45, 2.75) is 6.54 Å². The van der Waals surface area contributed by atoms with Crippen LogP contribution < -0.4 is 4.74 Å². The Bertz CT molecular complexity index is 701. The third kappa shape index (κ3) is 3.71. The fourth-order valence-corrected chi connectivity index (χ4v) is 2.85. The van der Waals surface area contributed by atoms with E-state index in [-0.39, 0.29) is 17.5 Å². The summed E-state index contributed by atoms with van der Waals surface area (Å²) >= 11 is 0. The highest BCUT2D eigenvalue weighted by atomic mass is 19.1. The maximum atomic E-state index is 13.8. The minimum Gasteiger partial charge on any atom is -0.494 e. The highest BCUT2D eigenvalue weighted by molar-refractivity contribution is 5.93. The van der Waals surface area contributed by atoms with Gasteiger partial charge in [0.05, 0.1) is 12.7 Å². The van der Waals surface area contributed by atoms with E-state index in [1.54, 1.807) is 30.6 Å². The van der Waals surface area contributed by atoms with Gasteiger partial charge in [0.15, 0.2) is 11.6 Å². The zero-order chi connectivity index (χ0) is 16.9. The van der Waals surface area contributed by atoms with Crippen molar-refractivity contribution in [1.82, 2.24) is 14.8 Å². The van der Waals surface area contributed by atoms with E-state index in [2.05, 4.69) is 9.88 Å². The number of hydrogen-bond acceptors (Lipinski definition) is 4. The van der Waals surface area contributed by atoms with Crippen LogP contribution in [0, 0.1) is 5.82 Å². The second-order valence-electron chi connectivity index (χ2n) is 5.78. The van der Waals surface area contributed by atoms with Crippen molar-refractivity contribution < 1.29 is 13.9 Å². The molecule has 0 spiro atoms. The summed E-state index contributed by atoms with van der Waals surface area (Å²) in [6, 6.07) is 8.57. The highest BCUT2D eigenvalue weighted by Crippen LogP contribution is 2.19. The number of rotatable bonds is 4. The molecule has 5 nitrogen and oxygen atoms in total. The molecular weight excluding hydrogens is 309 g/mol. The molecule has 6 heteroatoms. The summed E-state index contributed by atoms with van der Waals surface area (Å²) in [6.45, 7) is 3.51. The predicted molar refractivity (Wildman–Crippen MR) is 88.4 cm³/mol. The summed E-state index contributed by atoms with van der Waals surface area (Å²) in [4.78, 5) is 20.4. The van der Waals surface area contributed by atoms with E-state index in [4.69, 9.17) is 4.74 Å². The maximum absolute atomic E-state index is 13.8. The molecule has 126 valence electrons. The number of carbonyl (C=O) groups excluding carboxylic acids is 1. The van der Waals surface area contributed by atoms with Crippen LogP contribution in [0.25, 0.3) is 0 Å². The van der Waals surface area contributed by atoms with Gasteiger partial charge in [-0.1, -0.05) is 6.07 Å². The first-order valence-electron chi connectivity index (χ1n) is 7.91. The molecule has 2 aromatic rings. The molecule has 24 heavy (non-hydrogen) atoms. The van der Waals surface area contributed by atoms with Gasteiger partial charge in [0.1, 0.15) is 0 Å². The molecule has 1 aromatic heterocycles. The minimum absolute atomic E-state index is 0.0123. The SMILES string of the molecule is COc1ccc(CN2CCN(C(=O)c3cccnc3)CC2)cc1F. The molecule has 2 heterocycles. The van der Waals surface area contributed by atoms with Gasteiger partial charge >= 0.3 is 0 Å². The molecule has 1 aliphatic rings. The van der Waals surface area contributed by atoms with E-state index in [0.29, 0.717) is 25.2 Å². The van der Waals surface area contributed by atoms with Gasteiger partial charge in [0.25, 0.3) is 5.91 Å². The van der Waals surface area contributed by atoms with E-state index in [1.165, 1.54) is 13.2 Å². The second-order valence-corrected chi connectivity index (χ2v) is 5.78. The Kier molecular flexibility index (Phi) is 5.05. The zero-order valence-electron chi connectivity index (χ0n) is 13.6. The topological polar surface area (TPSA) is 45.7 Å². The van der Waals surface area contributed by atoms with E-state index >= 15 is 0 Å². The van der Waals surface area contributed by atoms with Gasteiger partial charge in [0.2, 0.25) is 0 Å². The van der Waals surface area contributed by atoms with E-state index < -0.39 is 0 Å². The lowest BCUT2D eigenvalue weighted by Gasteiger charge is -2.34. The third-order valence-electron chi connectivity index (χ3n) is 4.19. The largest absolute Gasteiger partial charge is 0.494 e. The fraction of sp³-hybridized carbons (Fsp3) is 0.333. The van der Waals surface area contributed by atoms with Gasteiger partial charge in [-0.15, -0.1) is 0 Å². The number of methoxy groups -OCH3 is 1. The Hall–Kier alpha value is -2.47. The standard InChI is InChI=1S/C18H20FN3O2/c1-24-17-5-4-14(11-16(17)19)13-21-7-9-22(10-8-21)18(23)15-3-2-6-20-12-15/h2-6,11-12H,7-10,13H2,1H3. The zero-order valence-corrected chi connectivity index (χ0v) is 13.6. The first kappa shape index (κ1) is 16.4. The number of piperazine rings is 1. The first-order valence-corrected chi connectivity index (χ1v) is 7.91. The number of halogens is 1. The van der Waals surface area contributed by atoms with Crippen LogP contribution in [0.5, 0.6) is 5.75 Å². The van der Waals surface area contributed by atoms with Gasteiger partial charge in [-0.05, 0) is 29.8 Å². The van der Waals surface area contributed by atoms with Gasteiger partial charge < -0.3 is 9.64 Å². The summed E-state index contributed by atoms with van der Waals surface area (Å²) in [5, 5.41) is 0. The van der Waals surface area contributed by atoms with Crippen LogP contribution in [-0.2, 0) is 6.54 Å². The van der Waals surface area contributed by atoms with Crippen molar-refractivity contribution in [1.29, 1.82) is 0 Å². The average molecular weight is 329 g/mol. The Morgan fingerprint density at radius 1 is 1.25 bits per heavy atom. The molecular formula is C18H20FN3O2. The van der Waals surface area contributed by atoms with Crippen LogP contribution in [0.2, 0.25) is 0 Å². The molecule has 0 bridgehead atoms. The van der Waals surface area contributed by atoms with Crippen molar-refractivity contribution >= 4 is 5.91 Å². The quantitative estimate of drug-likeness (QED) is 0.863. The first-order chi connectivity index (χ1) is 11.7. The molecule has 1 aromatic carbocycles. The van der Waals surface area contributed by atoms with Crippen LogP contribution in [0.1, 0.15) is 15.9 Å². The van der Waals surface area contributed by atoms with Crippen molar-refractivity contribution in [2.75, 3.05) is 33.3 Å². The van der Waals surface area contributed by atoms with E-state index in [9.17, 15) is 9.18 Å². The summed E-state index contributed by atoms with van der Waals surface area (Å²) in [5.74, 6) is -0.0794. The normalized spacial score (nSPS) is 15.3. The number of aromatic nitrogens is 1. The maximum Gasteiger partial charge on any atom is 0.255 e. The van der Waals surface area contributed by atoms with Gasteiger partial charge in [-0.3, -0.25) is 14.7 Å². The highest BCUT2D eigenvalue weighted by Gasteiger charge is 2.22. The monoisotopic (exact) mass is 329 g/mol. The molecule has 0 N–H and O–H groups in total. The van der Waals surface area contributed by atoms with Crippen LogP contribution in [-0.4, -0.2) is 54.0 Å². The van der Waals surface area contributed by atoms with Crippen LogP contribution in [0.3, 0.4) is 0 Å². The molecule has 1 saturated heterocycles. The molecule has 3 rings (SSSR count). The lowest BCUT2D eigenvalue weighted by atomic mass is 10.1. The van der Waals surface area contributed by atoms with Crippen molar-refractivity contribution in [3.05, 3.63) is 59.7 Å². The molecule has 0 radical (unpaired) electrons. The molecule has 0 aliphatic carbocycles. The minimum atomic E-state index is -0.347. The Morgan fingerprint density at radius 3 is 2.67 bits per heavy atom. The fourth-order valence-electron chi connectivity index (χ4n) is 2.85. The summed E-state index contributed by atoms with van der Waals surface area (Å²) in [5.41, 5.74) is 1.52. The third-order valence-corrected chi connectivity index (χ3v) is 4.19. The number of ether oxygens (including phenoxy) is 1. The summed E-state index contributed by atoms with van der Waals surface area (Å²) in [7, 11) is 1.45. The molecule has 0 atom stereocenters. The van der Waals surface area contributed by atoms with Crippen molar-refractivity contribution in [3.8, 4) is 5.75 Å². The molecule has 1 fully saturated rings. The molecule has 1 aliphatic heterocycles. The number of pyridine rings is 1. The Morgan fingerprint density at radius 2 is 2.04 bits per heavy atom. The van der Waals surface area contributed by atoms with Gasteiger partial charge in [0, 0.05) is 45.1 Å². The second kappa shape index (κ2) is 7.40. The lowest BCUT2D eigenvalue weighted by Crippen LogP contribution is -2.48. The lowest BCUT2D eigenvalue weighted by molar-refractivity contribution is 0.0628. The van der Waals surface area contributed by atoms with Crippen LogP contribution in [0.4, 0.5) is 4.39 Å². The Labute approximate surface area is 140 Å². The number of benzene rings is 1. The number of carbonyl (C=O) groups is 1. The van der Waals surface area contributed by atoms with E-state index in [1.807, 2.05) is 11.0 Å². The summed E-state index contributed by atoms with van der Waals surface area (Å²) < 4.78 is 18.7. The van der Waals surface area contributed by atoms with Crippen molar-refractivity contribution in [2.24, 2.45) is 0 Å². The average Bonchev–Trinajstić information content (AvgIpc) is 2.63. The van der Waals surface area contributed by atoms with Crippen LogP contribution >= 0.6 is 0 Å². The van der Waals surface area contributed by atoms with E-state index in [0.717, 1.165) is 18.7 Å². The van der Waals surface area contributed by atoms with Gasteiger partial charge in [-0.2, -0.15) is 0 Å². The molecule has 0 unspecified atom stereocenters. The molecule has 0 saturated carbocycles. The summed E-state index contributed by atoms with van der Waals surface area (Å²) in [6.07, 6.45) is 3.25.